The smallest absolute Gasteiger partial charge is 0.119 e. The molecule has 0 radical (unpaired) electrons. The second-order valence-corrected chi connectivity index (χ2v) is 4.33. The maximum Gasteiger partial charge on any atom is 0.119 e. The number of benzene rings is 1. The van der Waals surface area contributed by atoms with Crippen LogP contribution in [0.5, 0.6) is 11.5 Å². The van der Waals surface area contributed by atoms with Crippen LogP contribution in [-0.2, 0) is 6.54 Å². The van der Waals surface area contributed by atoms with E-state index in [4.69, 9.17) is 15.2 Å². The largest absolute Gasteiger partial charge is 0.497 e. The second kappa shape index (κ2) is 5.65. The van der Waals surface area contributed by atoms with E-state index < -0.39 is 0 Å². The molecule has 1 aromatic carbocycles. The van der Waals surface area contributed by atoms with E-state index >= 15 is 0 Å². The molecule has 0 aliphatic heterocycles. The van der Waals surface area contributed by atoms with Gasteiger partial charge in [0.05, 0.1) is 30.7 Å². The lowest BCUT2D eigenvalue weighted by atomic mass is 10.3. The standard InChI is InChI=1S/C14H19N3O2/c1-10-14(15)11(2)17(16-10)8-9-19-13-6-4-12(18-3)5-7-13/h4-7H,8-9,15H2,1-3H3. The molecule has 2 aromatic rings. The van der Waals surface area contributed by atoms with Crippen molar-refractivity contribution in [3.05, 3.63) is 35.7 Å². The zero-order chi connectivity index (χ0) is 13.8. The van der Waals surface area contributed by atoms with Crippen LogP contribution in [-0.4, -0.2) is 23.5 Å². The van der Waals surface area contributed by atoms with Crippen LogP contribution in [0.3, 0.4) is 0 Å². The quantitative estimate of drug-likeness (QED) is 0.896. The normalized spacial score (nSPS) is 10.5. The minimum atomic E-state index is 0.549. The first-order valence-corrected chi connectivity index (χ1v) is 6.18. The molecule has 0 spiro atoms. The van der Waals surface area contributed by atoms with Gasteiger partial charge < -0.3 is 15.2 Å². The van der Waals surface area contributed by atoms with Gasteiger partial charge in [0, 0.05) is 0 Å². The minimum absolute atomic E-state index is 0.549. The van der Waals surface area contributed by atoms with Gasteiger partial charge in [-0.15, -0.1) is 0 Å². The molecule has 0 saturated heterocycles. The predicted molar refractivity (Wildman–Crippen MR) is 74.6 cm³/mol. The van der Waals surface area contributed by atoms with Crippen LogP contribution in [0.4, 0.5) is 5.69 Å². The molecule has 0 amide bonds. The minimum Gasteiger partial charge on any atom is -0.497 e. The molecule has 0 unspecified atom stereocenters. The number of aromatic nitrogens is 2. The van der Waals surface area contributed by atoms with Gasteiger partial charge in [-0.25, -0.2) is 0 Å². The third-order valence-electron chi connectivity index (χ3n) is 3.07. The maximum absolute atomic E-state index is 5.88. The predicted octanol–water partition coefficient (Wildman–Crippen LogP) is 2.17. The Kier molecular flexibility index (Phi) is 3.94. The average molecular weight is 261 g/mol. The monoisotopic (exact) mass is 261 g/mol. The van der Waals surface area contributed by atoms with Crippen molar-refractivity contribution in [2.75, 3.05) is 19.5 Å². The fraction of sp³-hybridized carbons (Fsp3) is 0.357. The van der Waals surface area contributed by atoms with Gasteiger partial charge in [0.2, 0.25) is 0 Å². The molecular formula is C14H19N3O2. The first-order chi connectivity index (χ1) is 9.11. The van der Waals surface area contributed by atoms with Crippen molar-refractivity contribution in [2.24, 2.45) is 0 Å². The van der Waals surface area contributed by atoms with Crippen molar-refractivity contribution in [3.8, 4) is 11.5 Å². The number of anilines is 1. The zero-order valence-electron chi connectivity index (χ0n) is 11.5. The molecule has 102 valence electrons. The molecule has 0 fully saturated rings. The van der Waals surface area contributed by atoms with Crippen LogP contribution in [0.25, 0.3) is 0 Å². The number of methoxy groups -OCH3 is 1. The number of nitrogen functional groups attached to an aromatic ring is 1. The maximum atomic E-state index is 5.88. The third kappa shape index (κ3) is 2.99. The molecule has 0 bridgehead atoms. The van der Waals surface area contributed by atoms with Gasteiger partial charge in [0.1, 0.15) is 18.1 Å². The number of hydrogen-bond donors (Lipinski definition) is 1. The molecule has 2 rings (SSSR count). The number of ether oxygens (including phenoxy) is 2. The lowest BCUT2D eigenvalue weighted by Crippen LogP contribution is -2.11. The Morgan fingerprint density at radius 1 is 1.16 bits per heavy atom. The summed E-state index contributed by atoms with van der Waals surface area (Å²) in [5.41, 5.74) is 8.48. The van der Waals surface area contributed by atoms with Gasteiger partial charge in [-0.2, -0.15) is 5.10 Å². The number of nitrogens with zero attached hydrogens (tertiary/aromatic N) is 2. The number of hydrogen-bond acceptors (Lipinski definition) is 4. The molecular weight excluding hydrogens is 242 g/mol. The first kappa shape index (κ1) is 13.3. The Morgan fingerprint density at radius 3 is 2.32 bits per heavy atom. The van der Waals surface area contributed by atoms with Gasteiger partial charge >= 0.3 is 0 Å². The molecule has 5 heteroatoms. The van der Waals surface area contributed by atoms with Crippen molar-refractivity contribution in [1.29, 1.82) is 0 Å². The summed E-state index contributed by atoms with van der Waals surface area (Å²) in [5, 5.41) is 4.36. The summed E-state index contributed by atoms with van der Waals surface area (Å²) < 4.78 is 12.6. The third-order valence-corrected chi connectivity index (χ3v) is 3.07. The van der Waals surface area contributed by atoms with Gasteiger partial charge in [-0.05, 0) is 38.1 Å². The fourth-order valence-corrected chi connectivity index (χ4v) is 1.85. The molecule has 19 heavy (non-hydrogen) atoms. The van der Waals surface area contributed by atoms with Gasteiger partial charge in [0.25, 0.3) is 0 Å². The Balaban J connectivity index is 1.90. The molecule has 0 atom stereocenters. The molecule has 0 aliphatic rings. The van der Waals surface area contributed by atoms with E-state index in [1.807, 2.05) is 42.8 Å². The van der Waals surface area contributed by atoms with Gasteiger partial charge in [0.15, 0.2) is 0 Å². The lowest BCUT2D eigenvalue weighted by Gasteiger charge is -2.08. The van der Waals surface area contributed by atoms with E-state index in [-0.39, 0.29) is 0 Å². The van der Waals surface area contributed by atoms with Gasteiger partial charge in [-0.3, -0.25) is 4.68 Å². The summed E-state index contributed by atoms with van der Waals surface area (Å²) in [6, 6.07) is 7.51. The van der Waals surface area contributed by atoms with Crippen molar-refractivity contribution in [2.45, 2.75) is 20.4 Å². The van der Waals surface area contributed by atoms with Gasteiger partial charge in [-0.1, -0.05) is 0 Å². The van der Waals surface area contributed by atoms with Crippen molar-refractivity contribution in [3.63, 3.8) is 0 Å². The van der Waals surface area contributed by atoms with Crippen LogP contribution < -0.4 is 15.2 Å². The highest BCUT2D eigenvalue weighted by Crippen LogP contribution is 2.18. The summed E-state index contributed by atoms with van der Waals surface area (Å²) >= 11 is 0. The average Bonchev–Trinajstić information content (AvgIpc) is 2.67. The molecule has 1 aromatic heterocycles. The van der Waals surface area contributed by atoms with E-state index in [1.165, 1.54) is 0 Å². The molecule has 0 aliphatic carbocycles. The number of nitrogens with two attached hydrogens (primary N) is 1. The molecule has 0 saturated carbocycles. The van der Waals surface area contributed by atoms with Crippen molar-refractivity contribution < 1.29 is 9.47 Å². The summed E-state index contributed by atoms with van der Waals surface area (Å²) in [6.07, 6.45) is 0. The molecule has 2 N–H and O–H groups in total. The Bertz CT molecular complexity index is 547. The first-order valence-electron chi connectivity index (χ1n) is 6.18. The summed E-state index contributed by atoms with van der Waals surface area (Å²) in [7, 11) is 1.64. The molecule has 1 heterocycles. The van der Waals surface area contributed by atoms with Crippen LogP contribution in [0.15, 0.2) is 24.3 Å². The highest BCUT2D eigenvalue weighted by molar-refractivity contribution is 5.46. The summed E-state index contributed by atoms with van der Waals surface area (Å²) in [6.45, 7) is 5.09. The van der Waals surface area contributed by atoms with Crippen LogP contribution in [0, 0.1) is 13.8 Å². The highest BCUT2D eigenvalue weighted by atomic mass is 16.5. The van der Waals surface area contributed by atoms with Crippen molar-refractivity contribution >= 4 is 5.69 Å². The van der Waals surface area contributed by atoms with E-state index in [1.54, 1.807) is 7.11 Å². The summed E-state index contributed by atoms with van der Waals surface area (Å²) in [5.74, 6) is 1.63. The fourth-order valence-electron chi connectivity index (χ4n) is 1.85. The second-order valence-electron chi connectivity index (χ2n) is 4.33. The Hall–Kier alpha value is -2.17. The van der Waals surface area contributed by atoms with Crippen LogP contribution in [0.1, 0.15) is 11.4 Å². The topological polar surface area (TPSA) is 62.3 Å². The van der Waals surface area contributed by atoms with E-state index in [0.29, 0.717) is 13.2 Å². The van der Waals surface area contributed by atoms with Crippen molar-refractivity contribution in [1.82, 2.24) is 9.78 Å². The number of rotatable bonds is 5. The Morgan fingerprint density at radius 2 is 1.79 bits per heavy atom. The Labute approximate surface area is 112 Å². The molecule has 5 nitrogen and oxygen atoms in total. The van der Waals surface area contributed by atoms with E-state index in [2.05, 4.69) is 5.10 Å². The lowest BCUT2D eigenvalue weighted by molar-refractivity contribution is 0.289. The summed E-state index contributed by atoms with van der Waals surface area (Å²) in [4.78, 5) is 0. The zero-order valence-corrected chi connectivity index (χ0v) is 11.5. The van der Waals surface area contributed by atoms with Crippen LogP contribution in [0.2, 0.25) is 0 Å². The van der Waals surface area contributed by atoms with E-state index in [0.717, 1.165) is 28.6 Å². The van der Waals surface area contributed by atoms with Crippen LogP contribution >= 0.6 is 0 Å². The van der Waals surface area contributed by atoms with E-state index in [9.17, 15) is 0 Å². The number of aryl methyl sites for hydroxylation is 1. The highest BCUT2D eigenvalue weighted by Gasteiger charge is 2.07. The SMILES string of the molecule is COc1ccc(OCCn2nc(C)c(N)c2C)cc1.